The van der Waals surface area contributed by atoms with E-state index in [0.717, 1.165) is 5.56 Å². The number of para-hydroxylation sites is 1. The van der Waals surface area contributed by atoms with Gasteiger partial charge in [0.15, 0.2) is 0 Å². The van der Waals surface area contributed by atoms with Gasteiger partial charge in [0.1, 0.15) is 5.75 Å². The average molecular weight is 270 g/mol. The van der Waals surface area contributed by atoms with Gasteiger partial charge < -0.3 is 15.8 Å². The highest BCUT2D eigenvalue weighted by Gasteiger charge is 2.07. The minimum atomic E-state index is -0.462. The van der Waals surface area contributed by atoms with Gasteiger partial charge in [0.25, 0.3) is 0 Å². The molecule has 0 saturated heterocycles. The minimum absolute atomic E-state index is 0.0896. The third-order valence-electron chi connectivity index (χ3n) is 2.91. The second kappa shape index (κ2) is 7.31. The Balaban J connectivity index is 1.72. The van der Waals surface area contributed by atoms with Crippen LogP contribution in [0.3, 0.4) is 0 Å². The van der Waals surface area contributed by atoms with E-state index in [1.807, 2.05) is 48.5 Å². The Hall–Kier alpha value is -2.33. The van der Waals surface area contributed by atoms with E-state index in [1.165, 1.54) is 0 Å². The number of carbonyl (C=O) groups is 1. The highest BCUT2D eigenvalue weighted by molar-refractivity contribution is 5.70. The summed E-state index contributed by atoms with van der Waals surface area (Å²) < 4.78 is 5.11. The van der Waals surface area contributed by atoms with Gasteiger partial charge in [-0.3, -0.25) is 0 Å². The fraction of sp³-hybridized carbons (Fsp3) is 0.188. The second-order valence-corrected chi connectivity index (χ2v) is 4.44. The first-order chi connectivity index (χ1) is 9.75. The van der Waals surface area contributed by atoms with Crippen LogP contribution in [0.25, 0.3) is 0 Å². The topological polar surface area (TPSA) is 64.3 Å². The number of ether oxygens (including phenoxy) is 1. The molecule has 0 aliphatic rings. The van der Waals surface area contributed by atoms with Gasteiger partial charge in [-0.05, 0) is 24.1 Å². The molecular weight excluding hydrogens is 252 g/mol. The monoisotopic (exact) mass is 270 g/mol. The summed E-state index contributed by atoms with van der Waals surface area (Å²) in [5, 5.41) is 2.69. The van der Waals surface area contributed by atoms with E-state index in [9.17, 15) is 4.79 Å². The van der Waals surface area contributed by atoms with Crippen LogP contribution in [0.15, 0.2) is 60.7 Å². The molecule has 0 spiro atoms. The summed E-state index contributed by atoms with van der Waals surface area (Å²) in [6, 6.07) is 18.7. The summed E-state index contributed by atoms with van der Waals surface area (Å²) in [6.45, 7) is 0.474. The number of benzene rings is 2. The van der Waals surface area contributed by atoms with Crippen molar-refractivity contribution in [1.82, 2.24) is 5.32 Å². The van der Waals surface area contributed by atoms with Gasteiger partial charge in [-0.15, -0.1) is 0 Å². The molecule has 0 aliphatic heterocycles. The molecule has 3 N–H and O–H groups in total. The number of carbonyl (C=O) groups excluding carboxylic acids is 1. The molecule has 0 bridgehead atoms. The van der Waals surface area contributed by atoms with Gasteiger partial charge in [0.05, 0.1) is 0 Å². The SMILES string of the molecule is NC(CCNC(=O)Oc1ccccc1)c1ccccc1. The number of hydrogen-bond acceptors (Lipinski definition) is 3. The zero-order valence-electron chi connectivity index (χ0n) is 11.2. The predicted molar refractivity (Wildman–Crippen MR) is 78.5 cm³/mol. The first kappa shape index (κ1) is 14.1. The van der Waals surface area contributed by atoms with Gasteiger partial charge >= 0.3 is 6.09 Å². The molecule has 104 valence electrons. The van der Waals surface area contributed by atoms with Gasteiger partial charge in [0.2, 0.25) is 0 Å². The van der Waals surface area contributed by atoms with E-state index in [1.54, 1.807) is 12.1 Å². The van der Waals surface area contributed by atoms with Crippen LogP contribution in [0.5, 0.6) is 5.75 Å². The van der Waals surface area contributed by atoms with Crippen molar-refractivity contribution in [3.63, 3.8) is 0 Å². The number of rotatable bonds is 5. The molecule has 1 atom stereocenters. The predicted octanol–water partition coefficient (Wildman–Crippen LogP) is 2.87. The summed E-state index contributed by atoms with van der Waals surface area (Å²) in [5.74, 6) is 0.525. The van der Waals surface area contributed by atoms with Crippen LogP contribution in [0.4, 0.5) is 4.79 Å². The van der Waals surface area contributed by atoms with Crippen molar-refractivity contribution in [2.24, 2.45) is 5.73 Å². The lowest BCUT2D eigenvalue weighted by molar-refractivity contribution is 0.200. The highest BCUT2D eigenvalue weighted by atomic mass is 16.5. The molecule has 2 rings (SSSR count). The molecule has 20 heavy (non-hydrogen) atoms. The van der Waals surface area contributed by atoms with Crippen LogP contribution in [-0.4, -0.2) is 12.6 Å². The van der Waals surface area contributed by atoms with E-state index < -0.39 is 6.09 Å². The van der Waals surface area contributed by atoms with E-state index >= 15 is 0 Å². The zero-order chi connectivity index (χ0) is 14.2. The Morgan fingerprint density at radius 2 is 1.65 bits per heavy atom. The lowest BCUT2D eigenvalue weighted by Crippen LogP contribution is -2.29. The van der Waals surface area contributed by atoms with Gasteiger partial charge in [-0.1, -0.05) is 48.5 Å². The van der Waals surface area contributed by atoms with Crippen LogP contribution < -0.4 is 15.8 Å². The van der Waals surface area contributed by atoms with E-state index in [2.05, 4.69) is 5.32 Å². The largest absolute Gasteiger partial charge is 0.412 e. The van der Waals surface area contributed by atoms with Crippen LogP contribution in [0.1, 0.15) is 18.0 Å². The van der Waals surface area contributed by atoms with Crippen molar-refractivity contribution in [3.05, 3.63) is 66.2 Å². The maximum Gasteiger partial charge on any atom is 0.412 e. The molecule has 0 fully saturated rings. The molecular formula is C16H18N2O2. The molecule has 2 aromatic rings. The molecule has 4 nitrogen and oxygen atoms in total. The lowest BCUT2D eigenvalue weighted by atomic mass is 10.1. The summed E-state index contributed by atoms with van der Waals surface area (Å²) in [5.41, 5.74) is 7.10. The quantitative estimate of drug-likeness (QED) is 0.878. The maximum absolute atomic E-state index is 11.6. The van der Waals surface area contributed by atoms with Gasteiger partial charge in [-0.2, -0.15) is 0 Å². The van der Waals surface area contributed by atoms with Crippen molar-refractivity contribution < 1.29 is 9.53 Å². The van der Waals surface area contributed by atoms with Crippen molar-refractivity contribution in [3.8, 4) is 5.75 Å². The molecule has 0 saturated carbocycles. The Labute approximate surface area is 118 Å². The average Bonchev–Trinajstić information content (AvgIpc) is 2.49. The summed E-state index contributed by atoms with van der Waals surface area (Å²) in [7, 11) is 0. The summed E-state index contributed by atoms with van der Waals surface area (Å²) in [4.78, 5) is 11.6. The van der Waals surface area contributed by atoms with E-state index in [0.29, 0.717) is 18.7 Å². The van der Waals surface area contributed by atoms with Crippen molar-refractivity contribution in [1.29, 1.82) is 0 Å². The fourth-order valence-corrected chi connectivity index (χ4v) is 1.83. The Bertz CT molecular complexity index is 529. The Morgan fingerprint density at radius 1 is 1.05 bits per heavy atom. The molecule has 1 amide bonds. The number of nitrogens with one attached hydrogen (secondary N) is 1. The fourth-order valence-electron chi connectivity index (χ4n) is 1.83. The molecule has 0 aromatic heterocycles. The molecule has 0 radical (unpaired) electrons. The highest BCUT2D eigenvalue weighted by Crippen LogP contribution is 2.12. The smallest absolute Gasteiger partial charge is 0.410 e. The van der Waals surface area contributed by atoms with Crippen LogP contribution >= 0.6 is 0 Å². The van der Waals surface area contributed by atoms with Crippen molar-refractivity contribution in [2.45, 2.75) is 12.5 Å². The third-order valence-corrected chi connectivity index (χ3v) is 2.91. The lowest BCUT2D eigenvalue weighted by Gasteiger charge is -2.12. The van der Waals surface area contributed by atoms with Gasteiger partial charge in [0, 0.05) is 12.6 Å². The molecule has 0 aliphatic carbocycles. The number of hydrogen-bond donors (Lipinski definition) is 2. The van der Waals surface area contributed by atoms with Crippen LogP contribution in [0.2, 0.25) is 0 Å². The maximum atomic E-state index is 11.6. The van der Waals surface area contributed by atoms with Crippen molar-refractivity contribution >= 4 is 6.09 Å². The number of amides is 1. The number of nitrogens with two attached hydrogens (primary N) is 1. The summed E-state index contributed by atoms with van der Waals surface area (Å²) in [6.07, 6.45) is 0.199. The molecule has 0 heterocycles. The first-order valence-corrected chi connectivity index (χ1v) is 6.57. The Kier molecular flexibility index (Phi) is 5.15. The summed E-state index contributed by atoms with van der Waals surface area (Å²) >= 11 is 0. The van der Waals surface area contributed by atoms with Gasteiger partial charge in [-0.25, -0.2) is 4.79 Å². The van der Waals surface area contributed by atoms with Crippen molar-refractivity contribution in [2.75, 3.05) is 6.54 Å². The van der Waals surface area contributed by atoms with Crippen LogP contribution in [-0.2, 0) is 0 Å². The Morgan fingerprint density at radius 3 is 2.30 bits per heavy atom. The zero-order valence-corrected chi connectivity index (χ0v) is 11.2. The second-order valence-electron chi connectivity index (χ2n) is 4.44. The third kappa shape index (κ3) is 4.40. The van der Waals surface area contributed by atoms with E-state index in [-0.39, 0.29) is 6.04 Å². The molecule has 4 heteroatoms. The van der Waals surface area contributed by atoms with E-state index in [4.69, 9.17) is 10.5 Å². The molecule has 1 unspecified atom stereocenters. The standard InChI is InChI=1S/C16H18N2O2/c17-15(13-7-3-1-4-8-13)11-12-18-16(19)20-14-9-5-2-6-10-14/h1-10,15H,11-12,17H2,(H,18,19). The first-order valence-electron chi connectivity index (χ1n) is 6.57. The normalized spacial score (nSPS) is 11.7. The van der Waals surface area contributed by atoms with Crippen LogP contribution in [0, 0.1) is 0 Å². The molecule has 2 aromatic carbocycles. The minimum Gasteiger partial charge on any atom is -0.410 e.